The van der Waals surface area contributed by atoms with E-state index in [0.717, 1.165) is 22.1 Å². The van der Waals surface area contributed by atoms with Crippen molar-refractivity contribution >= 4 is 25.2 Å². The lowest BCUT2D eigenvalue weighted by Gasteiger charge is -2.02. The molecule has 0 amide bonds. The Bertz CT molecular complexity index is 362. The van der Waals surface area contributed by atoms with Gasteiger partial charge >= 0.3 is 14.2 Å². The van der Waals surface area contributed by atoms with E-state index in [0.29, 0.717) is 13.2 Å². The zero-order valence-electron chi connectivity index (χ0n) is 7.43. The van der Waals surface area contributed by atoms with Crippen LogP contribution in [0.2, 0.25) is 0 Å². The molecule has 0 saturated heterocycles. The molecule has 6 heteroatoms. The van der Waals surface area contributed by atoms with Gasteiger partial charge in [0.05, 0.1) is 13.2 Å². The van der Waals surface area contributed by atoms with E-state index in [1.807, 2.05) is 6.07 Å². The zero-order valence-corrected chi connectivity index (χ0v) is 7.43. The van der Waals surface area contributed by atoms with E-state index >= 15 is 0 Å². The van der Waals surface area contributed by atoms with Crippen molar-refractivity contribution in [3.05, 3.63) is 23.3 Å². The molecular formula is C8H8B2O4. The zero-order chi connectivity index (χ0) is 9.71. The molecule has 70 valence electrons. The molecule has 2 heterocycles. The normalized spacial score (nSPS) is 18.7. The highest BCUT2D eigenvalue weighted by Gasteiger charge is 2.34. The van der Waals surface area contributed by atoms with E-state index in [4.69, 9.17) is 9.31 Å². The van der Waals surface area contributed by atoms with Crippen molar-refractivity contribution in [1.29, 1.82) is 0 Å². The second-order valence-corrected chi connectivity index (χ2v) is 3.58. The molecule has 2 aliphatic rings. The fourth-order valence-electron chi connectivity index (χ4n) is 1.96. The van der Waals surface area contributed by atoms with Crippen LogP contribution in [0.3, 0.4) is 0 Å². The molecule has 3 rings (SSSR count). The van der Waals surface area contributed by atoms with E-state index < -0.39 is 14.2 Å². The summed E-state index contributed by atoms with van der Waals surface area (Å²) in [6.45, 7) is 0.861. The molecule has 1 aromatic rings. The predicted molar refractivity (Wildman–Crippen MR) is 51.2 cm³/mol. The van der Waals surface area contributed by atoms with Gasteiger partial charge in [-0.15, -0.1) is 0 Å². The first kappa shape index (κ1) is 8.49. The van der Waals surface area contributed by atoms with Crippen LogP contribution < -0.4 is 10.9 Å². The maximum Gasteiger partial charge on any atom is 0.491 e. The number of rotatable bonds is 0. The summed E-state index contributed by atoms with van der Waals surface area (Å²) in [4.78, 5) is 0. The molecule has 14 heavy (non-hydrogen) atoms. The van der Waals surface area contributed by atoms with Gasteiger partial charge < -0.3 is 19.4 Å². The fraction of sp³-hybridized carbons (Fsp3) is 0.250. The molecule has 0 bridgehead atoms. The summed E-state index contributed by atoms with van der Waals surface area (Å²) in [6, 6.07) is 3.69. The van der Waals surface area contributed by atoms with Gasteiger partial charge in [-0.1, -0.05) is 12.1 Å². The lowest BCUT2D eigenvalue weighted by molar-refractivity contribution is 0.272. The summed E-state index contributed by atoms with van der Waals surface area (Å²) in [5, 5.41) is 18.9. The van der Waals surface area contributed by atoms with Crippen molar-refractivity contribution in [1.82, 2.24) is 0 Å². The van der Waals surface area contributed by atoms with Crippen molar-refractivity contribution in [3.8, 4) is 0 Å². The van der Waals surface area contributed by atoms with Crippen molar-refractivity contribution < 1.29 is 19.4 Å². The third-order valence-electron chi connectivity index (χ3n) is 2.73. The maximum atomic E-state index is 9.45. The van der Waals surface area contributed by atoms with E-state index in [1.54, 1.807) is 6.07 Å². The van der Waals surface area contributed by atoms with Crippen LogP contribution in [0.15, 0.2) is 12.1 Å². The van der Waals surface area contributed by atoms with Crippen LogP contribution in [0.25, 0.3) is 0 Å². The molecule has 4 nitrogen and oxygen atoms in total. The molecular weight excluding hydrogens is 182 g/mol. The quantitative estimate of drug-likeness (QED) is 0.470. The molecule has 1 aromatic carbocycles. The highest BCUT2D eigenvalue weighted by molar-refractivity contribution is 6.65. The fourth-order valence-corrected chi connectivity index (χ4v) is 1.96. The molecule has 0 atom stereocenters. The molecule has 2 N–H and O–H groups in total. The second-order valence-electron chi connectivity index (χ2n) is 3.58. The highest BCUT2D eigenvalue weighted by Crippen LogP contribution is 2.15. The minimum Gasteiger partial charge on any atom is -0.423 e. The summed E-state index contributed by atoms with van der Waals surface area (Å²) < 4.78 is 10.1. The second kappa shape index (κ2) is 2.84. The van der Waals surface area contributed by atoms with Crippen molar-refractivity contribution in [2.75, 3.05) is 0 Å². The van der Waals surface area contributed by atoms with Gasteiger partial charge in [-0.3, -0.25) is 0 Å². The Morgan fingerprint density at radius 3 is 1.93 bits per heavy atom. The molecule has 0 radical (unpaired) electrons. The standard InChI is InChI=1S/C8H8B2O4/c11-9-7-2-8-6(4-14-10(8)12)1-5(7)3-13-9/h1-2,11-12H,3-4H2. The summed E-state index contributed by atoms with van der Waals surface area (Å²) in [5.74, 6) is 0. The molecule has 0 saturated carbocycles. The van der Waals surface area contributed by atoms with Gasteiger partial charge in [-0.2, -0.15) is 0 Å². The number of hydrogen-bond donors (Lipinski definition) is 2. The first-order valence-electron chi connectivity index (χ1n) is 4.50. The lowest BCUT2D eigenvalue weighted by Crippen LogP contribution is -2.36. The minimum absolute atomic E-state index is 0.430. The van der Waals surface area contributed by atoms with E-state index in [1.165, 1.54) is 0 Å². The minimum atomic E-state index is -0.858. The SMILES string of the molecule is OB1OCc2cc3c(cc21)B(O)OC3. The van der Waals surface area contributed by atoms with E-state index in [9.17, 15) is 10.0 Å². The topological polar surface area (TPSA) is 58.9 Å². The van der Waals surface area contributed by atoms with Gasteiger partial charge in [0.15, 0.2) is 0 Å². The van der Waals surface area contributed by atoms with Gasteiger partial charge in [0, 0.05) is 0 Å². The Morgan fingerprint density at radius 1 is 0.929 bits per heavy atom. The Balaban J connectivity index is 2.15. The largest absolute Gasteiger partial charge is 0.491 e. The Labute approximate surface area is 81.8 Å². The van der Waals surface area contributed by atoms with Crippen LogP contribution in [-0.2, 0) is 22.5 Å². The first-order valence-corrected chi connectivity index (χ1v) is 4.50. The summed E-state index contributed by atoms with van der Waals surface area (Å²) >= 11 is 0. The van der Waals surface area contributed by atoms with E-state index in [-0.39, 0.29) is 0 Å². The van der Waals surface area contributed by atoms with Crippen LogP contribution >= 0.6 is 0 Å². The van der Waals surface area contributed by atoms with Crippen LogP contribution in [0, 0.1) is 0 Å². The Kier molecular flexibility index (Phi) is 1.72. The van der Waals surface area contributed by atoms with Gasteiger partial charge in [-0.05, 0) is 22.1 Å². The summed E-state index contributed by atoms with van der Waals surface area (Å²) in [5.41, 5.74) is 3.45. The van der Waals surface area contributed by atoms with Crippen molar-refractivity contribution in [2.45, 2.75) is 13.2 Å². The molecule has 0 aromatic heterocycles. The lowest BCUT2D eigenvalue weighted by atomic mass is 9.71. The highest BCUT2D eigenvalue weighted by atomic mass is 16.5. The Hall–Kier alpha value is -0.810. The third kappa shape index (κ3) is 1.05. The molecule has 0 aliphatic carbocycles. The maximum absolute atomic E-state index is 9.45. The smallest absolute Gasteiger partial charge is 0.423 e. The predicted octanol–water partition coefficient (Wildman–Crippen LogP) is -1.88. The van der Waals surface area contributed by atoms with Crippen LogP contribution in [-0.4, -0.2) is 24.3 Å². The van der Waals surface area contributed by atoms with Crippen molar-refractivity contribution in [3.63, 3.8) is 0 Å². The molecule has 0 unspecified atom stereocenters. The summed E-state index contributed by atoms with van der Waals surface area (Å²) in [7, 11) is -1.72. The summed E-state index contributed by atoms with van der Waals surface area (Å²) in [6.07, 6.45) is 0. The molecule has 0 spiro atoms. The number of hydrogen-bond acceptors (Lipinski definition) is 4. The van der Waals surface area contributed by atoms with Crippen LogP contribution in [0.4, 0.5) is 0 Å². The number of fused-ring (bicyclic) bond motifs is 2. The average molecular weight is 190 g/mol. The third-order valence-corrected chi connectivity index (χ3v) is 2.73. The van der Waals surface area contributed by atoms with Crippen LogP contribution in [0.5, 0.6) is 0 Å². The Morgan fingerprint density at radius 2 is 1.43 bits per heavy atom. The van der Waals surface area contributed by atoms with Crippen molar-refractivity contribution in [2.24, 2.45) is 0 Å². The monoisotopic (exact) mass is 190 g/mol. The number of benzene rings is 1. The van der Waals surface area contributed by atoms with Gasteiger partial charge in [0.1, 0.15) is 0 Å². The van der Waals surface area contributed by atoms with Gasteiger partial charge in [0.2, 0.25) is 0 Å². The average Bonchev–Trinajstić information content (AvgIpc) is 2.71. The van der Waals surface area contributed by atoms with Crippen LogP contribution in [0.1, 0.15) is 11.1 Å². The molecule has 2 aliphatic heterocycles. The van der Waals surface area contributed by atoms with Gasteiger partial charge in [-0.25, -0.2) is 0 Å². The van der Waals surface area contributed by atoms with E-state index in [2.05, 4.69) is 0 Å². The van der Waals surface area contributed by atoms with Gasteiger partial charge in [0.25, 0.3) is 0 Å². The first-order chi connectivity index (χ1) is 6.75. The molecule has 0 fully saturated rings.